The summed E-state index contributed by atoms with van der Waals surface area (Å²) in [6.07, 6.45) is 0. The Labute approximate surface area is 53.8 Å². The van der Waals surface area contributed by atoms with Gasteiger partial charge in [0, 0.05) is 53.7 Å². The van der Waals surface area contributed by atoms with Crippen molar-refractivity contribution in [2.75, 3.05) is 0 Å². The van der Waals surface area contributed by atoms with E-state index in [9.17, 15) is 0 Å². The molecule has 0 aliphatic heterocycles. The first-order valence-electron chi connectivity index (χ1n) is 0. The quantitative estimate of drug-likeness (QED) is 0.478. The molecule has 0 aliphatic carbocycles. The maximum Gasteiger partial charge on any atom is 0 e. The smallest absolute Gasteiger partial charge is 0 e. The van der Waals surface area contributed by atoms with Crippen LogP contribution in [0.2, 0.25) is 0 Å². The minimum atomic E-state index is 0. The van der Waals surface area contributed by atoms with E-state index in [1.165, 1.54) is 0 Å². The van der Waals surface area contributed by atoms with Gasteiger partial charge in [-0.2, -0.15) is 0 Å². The summed E-state index contributed by atoms with van der Waals surface area (Å²) in [4.78, 5) is 0. The van der Waals surface area contributed by atoms with Crippen LogP contribution in [0.3, 0.4) is 0 Å². The van der Waals surface area contributed by atoms with Crippen LogP contribution in [0.1, 0.15) is 0 Å². The Morgan fingerprint density at radius 2 is 0.750 bits per heavy atom. The van der Waals surface area contributed by atoms with Crippen LogP contribution in [0, 0.1) is 14.9 Å². The standard InChI is InChI=1S/2C.Ag.Ni. The first kappa shape index (κ1) is 61.6. The van der Waals surface area contributed by atoms with E-state index in [1.807, 2.05) is 0 Å². The molecule has 0 nitrogen and oxygen atoms in total. The molecule has 0 rings (SSSR count). The zero-order chi connectivity index (χ0) is 0. The monoisotopic (exact) mass is 189 g/mol. The normalized spacial score (nSPS) is 0. The van der Waals surface area contributed by atoms with Gasteiger partial charge < -0.3 is 0 Å². The minimum absolute atomic E-state index is 0. The predicted octanol–water partition coefficient (Wildman–Crippen LogP) is 0.158. The van der Waals surface area contributed by atoms with Crippen LogP contribution in [0.4, 0.5) is 0 Å². The van der Waals surface area contributed by atoms with E-state index in [2.05, 4.69) is 0 Å². The third-order valence-corrected chi connectivity index (χ3v) is 0. The van der Waals surface area contributed by atoms with Crippen molar-refractivity contribution in [3.05, 3.63) is 14.9 Å². The molecular formula is C2AgNi. The summed E-state index contributed by atoms with van der Waals surface area (Å²) in [5.74, 6) is 0. The summed E-state index contributed by atoms with van der Waals surface area (Å²) in [5.41, 5.74) is 0. The van der Waals surface area contributed by atoms with Crippen LogP contribution in [0.5, 0.6) is 0 Å². The third-order valence-electron chi connectivity index (χ3n) is 0. The summed E-state index contributed by atoms with van der Waals surface area (Å²) in [5, 5.41) is 0. The Morgan fingerprint density at radius 3 is 0.750 bits per heavy atom. The zero-order valence-electron chi connectivity index (χ0n) is 1.62. The van der Waals surface area contributed by atoms with Crippen LogP contribution in [-0.2, 0) is 38.9 Å². The van der Waals surface area contributed by atoms with Gasteiger partial charge in [0.05, 0.1) is 0 Å². The fourth-order valence-electron chi connectivity index (χ4n) is 0. The van der Waals surface area contributed by atoms with E-state index in [4.69, 9.17) is 0 Å². The second kappa shape index (κ2) is 29.1. The molecule has 0 aliphatic rings. The molecule has 0 unspecified atom stereocenters. The van der Waals surface area contributed by atoms with Gasteiger partial charge in [-0.25, -0.2) is 0 Å². The predicted molar refractivity (Wildman–Crippen MR) is 6.49 cm³/mol. The van der Waals surface area contributed by atoms with Gasteiger partial charge in [0.2, 0.25) is 0 Å². The minimum Gasteiger partial charge on any atom is 0 e. The Morgan fingerprint density at radius 1 is 0.750 bits per heavy atom. The van der Waals surface area contributed by atoms with Gasteiger partial charge in [0.15, 0.2) is 0 Å². The maximum atomic E-state index is 0. The van der Waals surface area contributed by atoms with Crippen LogP contribution >= 0.6 is 0 Å². The van der Waals surface area contributed by atoms with Crippen LogP contribution in [0.25, 0.3) is 0 Å². The summed E-state index contributed by atoms with van der Waals surface area (Å²) < 4.78 is 0. The van der Waals surface area contributed by atoms with Crippen molar-refractivity contribution in [1.29, 1.82) is 0 Å². The van der Waals surface area contributed by atoms with E-state index in [0.29, 0.717) is 0 Å². The van der Waals surface area contributed by atoms with Crippen LogP contribution in [0.15, 0.2) is 0 Å². The SMILES string of the molecule is [Ag].[C].[C].[Ni]. The summed E-state index contributed by atoms with van der Waals surface area (Å²) in [6, 6.07) is 0. The van der Waals surface area contributed by atoms with E-state index < -0.39 is 0 Å². The van der Waals surface area contributed by atoms with Crippen molar-refractivity contribution in [1.82, 2.24) is 0 Å². The molecule has 0 aromatic heterocycles. The molecule has 0 amide bonds. The van der Waals surface area contributed by atoms with Crippen molar-refractivity contribution in [3.63, 3.8) is 0 Å². The molecule has 0 atom stereocenters. The zero-order valence-corrected chi connectivity index (χ0v) is 4.09. The molecule has 0 N–H and O–H groups in total. The Kier molecular flexibility index (Phi) is 448. The molecule has 0 heterocycles. The molecule has 0 bridgehead atoms. The number of rotatable bonds is 0. The topological polar surface area (TPSA) is 0 Å². The molecule has 0 saturated heterocycles. The fraction of sp³-hybridized carbons (Fsp3) is 0. The average molecular weight is 191 g/mol. The van der Waals surface area contributed by atoms with Gasteiger partial charge in [-0.1, -0.05) is 0 Å². The molecule has 0 fully saturated rings. The third kappa shape index (κ3) is 10.6. The first-order valence-corrected chi connectivity index (χ1v) is 0. The molecule has 2 heteroatoms. The largest absolute Gasteiger partial charge is 0 e. The Bertz CT molecular complexity index is 6.00. The van der Waals surface area contributed by atoms with Gasteiger partial charge in [-0.15, -0.1) is 0 Å². The van der Waals surface area contributed by atoms with Gasteiger partial charge in [-0.3, -0.25) is 0 Å². The van der Waals surface area contributed by atoms with Crippen molar-refractivity contribution in [2.24, 2.45) is 0 Å². The second-order valence-corrected chi connectivity index (χ2v) is 0. The van der Waals surface area contributed by atoms with Crippen LogP contribution < -0.4 is 0 Å². The molecule has 9 radical (unpaired) electrons. The average Bonchev–Trinajstić information content (AvgIpc) is 0. The molecule has 4 heavy (non-hydrogen) atoms. The summed E-state index contributed by atoms with van der Waals surface area (Å²) >= 11 is 0. The number of hydrogen-bond acceptors (Lipinski definition) is 0. The van der Waals surface area contributed by atoms with Crippen LogP contribution in [-0.4, -0.2) is 0 Å². The van der Waals surface area contributed by atoms with E-state index in [1.54, 1.807) is 0 Å². The fourth-order valence-corrected chi connectivity index (χ4v) is 0. The van der Waals surface area contributed by atoms with E-state index in [0.717, 1.165) is 0 Å². The molecule has 0 spiro atoms. The number of hydrogen-bond donors (Lipinski definition) is 0. The van der Waals surface area contributed by atoms with E-state index in [-0.39, 0.29) is 53.7 Å². The van der Waals surface area contributed by atoms with Crippen molar-refractivity contribution in [2.45, 2.75) is 0 Å². The Hall–Kier alpha value is 1.23. The molecule has 0 aromatic rings. The van der Waals surface area contributed by atoms with Gasteiger partial charge in [0.1, 0.15) is 0 Å². The van der Waals surface area contributed by atoms with Gasteiger partial charge in [-0.05, 0) is 0 Å². The molecular weight excluding hydrogens is 191 g/mol. The van der Waals surface area contributed by atoms with E-state index >= 15 is 0 Å². The first-order chi connectivity index (χ1) is 0. The van der Waals surface area contributed by atoms with Crippen molar-refractivity contribution >= 4 is 0 Å². The molecule has 0 aromatic carbocycles. The van der Waals surface area contributed by atoms with Gasteiger partial charge in [0.25, 0.3) is 0 Å². The second-order valence-electron chi connectivity index (χ2n) is 0. The maximum absolute atomic E-state index is 0. The van der Waals surface area contributed by atoms with Crippen molar-refractivity contribution in [3.8, 4) is 0 Å². The summed E-state index contributed by atoms with van der Waals surface area (Å²) in [6.45, 7) is 0. The summed E-state index contributed by atoms with van der Waals surface area (Å²) in [7, 11) is 0. The van der Waals surface area contributed by atoms with Gasteiger partial charge >= 0.3 is 0 Å². The molecule has 29 valence electrons. The molecule has 0 saturated carbocycles. The van der Waals surface area contributed by atoms with Crippen molar-refractivity contribution < 1.29 is 38.9 Å². The Balaban J connectivity index is 0.